The number of ether oxygens (including phenoxy) is 2. The SMILES string of the molecule is C=CC(=O)N1CC2(CCN(c3nc(OC4CCN(CC)CC4)nc4c(OC5CCC5)c(-c5c(C)ccc6[nH]ncc56)c(Cl)cc34)CC2)C1. The molecule has 3 aliphatic heterocycles. The van der Waals surface area contributed by atoms with Gasteiger partial charge in [-0.3, -0.25) is 9.89 Å². The Balaban J connectivity index is 1.23. The zero-order valence-corrected chi connectivity index (χ0v) is 28.7. The largest absolute Gasteiger partial charge is 0.487 e. The van der Waals surface area contributed by atoms with Gasteiger partial charge in [0.15, 0.2) is 5.75 Å². The Morgan fingerprint density at radius 1 is 1.04 bits per heavy atom. The fourth-order valence-corrected chi connectivity index (χ4v) is 8.26. The van der Waals surface area contributed by atoms with Crippen molar-refractivity contribution in [1.29, 1.82) is 0 Å². The second-order valence-electron chi connectivity index (χ2n) is 14.2. The monoisotopic (exact) mass is 669 g/mol. The number of halogens is 1. The number of fused-ring (bicyclic) bond motifs is 2. The van der Waals surface area contributed by atoms with E-state index < -0.39 is 0 Å². The summed E-state index contributed by atoms with van der Waals surface area (Å²) in [5.74, 6) is 1.54. The van der Waals surface area contributed by atoms with Crippen molar-refractivity contribution in [2.75, 3.05) is 50.7 Å². The number of nitrogens with one attached hydrogen (secondary N) is 1. The lowest BCUT2D eigenvalue weighted by Gasteiger charge is -2.54. The van der Waals surface area contributed by atoms with Gasteiger partial charge in [-0.15, -0.1) is 0 Å². The van der Waals surface area contributed by atoms with E-state index in [1.165, 1.54) is 6.08 Å². The van der Waals surface area contributed by atoms with Gasteiger partial charge in [-0.05, 0) is 82.2 Å². The van der Waals surface area contributed by atoms with Crippen LogP contribution in [0.5, 0.6) is 11.8 Å². The highest BCUT2D eigenvalue weighted by Gasteiger charge is 2.46. The molecule has 2 aromatic carbocycles. The number of H-pyrrole nitrogens is 1. The van der Waals surface area contributed by atoms with Crippen molar-refractivity contribution in [3.63, 3.8) is 0 Å². The van der Waals surface area contributed by atoms with Crippen molar-refractivity contribution in [1.82, 2.24) is 30.0 Å². The summed E-state index contributed by atoms with van der Waals surface area (Å²) in [7, 11) is 0. The molecule has 48 heavy (non-hydrogen) atoms. The molecule has 4 fully saturated rings. The van der Waals surface area contributed by atoms with Gasteiger partial charge in [-0.2, -0.15) is 15.1 Å². The molecule has 5 heterocycles. The summed E-state index contributed by atoms with van der Waals surface area (Å²) in [4.78, 5) is 29.2. The van der Waals surface area contributed by atoms with Crippen molar-refractivity contribution >= 4 is 45.1 Å². The van der Waals surface area contributed by atoms with Crippen LogP contribution in [0.2, 0.25) is 5.02 Å². The molecule has 1 spiro atoms. The molecule has 10 nitrogen and oxygen atoms in total. The third kappa shape index (κ3) is 5.56. The molecule has 4 aliphatic rings. The van der Waals surface area contributed by atoms with Crippen LogP contribution in [-0.2, 0) is 4.79 Å². The van der Waals surface area contributed by atoms with Gasteiger partial charge in [0.05, 0.1) is 22.8 Å². The predicted molar refractivity (Wildman–Crippen MR) is 189 cm³/mol. The van der Waals surface area contributed by atoms with Gasteiger partial charge in [0.2, 0.25) is 5.91 Å². The van der Waals surface area contributed by atoms with Gasteiger partial charge in [-0.25, -0.2) is 0 Å². The molecule has 8 rings (SSSR count). The summed E-state index contributed by atoms with van der Waals surface area (Å²) >= 11 is 7.33. The molecule has 0 bridgehead atoms. The summed E-state index contributed by atoms with van der Waals surface area (Å²) in [6, 6.07) is 6.56. The van der Waals surface area contributed by atoms with Gasteiger partial charge in [-0.1, -0.05) is 31.2 Å². The molecule has 0 atom stereocenters. The minimum Gasteiger partial charge on any atom is -0.487 e. The number of carbonyl (C=O) groups excluding carboxylic acids is 1. The number of likely N-dealkylation sites (tertiary alicyclic amines) is 2. The first-order chi connectivity index (χ1) is 23.3. The average molecular weight is 670 g/mol. The molecular weight excluding hydrogens is 626 g/mol. The number of aryl methyl sites for hydroxylation is 1. The summed E-state index contributed by atoms with van der Waals surface area (Å²) in [6.45, 7) is 14.3. The van der Waals surface area contributed by atoms with Crippen molar-refractivity contribution in [3.05, 3.63) is 47.6 Å². The third-order valence-electron chi connectivity index (χ3n) is 11.2. The molecule has 1 saturated carbocycles. The molecule has 4 aromatic rings. The lowest BCUT2D eigenvalue weighted by Crippen LogP contribution is -2.61. The highest BCUT2D eigenvalue weighted by Crippen LogP contribution is 2.49. The van der Waals surface area contributed by atoms with Crippen LogP contribution in [0.3, 0.4) is 0 Å². The van der Waals surface area contributed by atoms with Gasteiger partial charge in [0.25, 0.3) is 0 Å². The first-order valence-electron chi connectivity index (χ1n) is 17.5. The Hall–Kier alpha value is -3.89. The van der Waals surface area contributed by atoms with Crippen molar-refractivity contribution < 1.29 is 14.3 Å². The summed E-state index contributed by atoms with van der Waals surface area (Å²) in [5, 5.41) is 9.95. The van der Waals surface area contributed by atoms with E-state index in [-0.39, 0.29) is 23.5 Å². The molecule has 11 heteroatoms. The van der Waals surface area contributed by atoms with Crippen LogP contribution in [0, 0.1) is 12.3 Å². The van der Waals surface area contributed by atoms with Crippen molar-refractivity contribution in [3.8, 4) is 22.9 Å². The van der Waals surface area contributed by atoms with E-state index in [0.29, 0.717) is 16.8 Å². The number of aromatic amines is 1. The maximum atomic E-state index is 12.2. The van der Waals surface area contributed by atoms with E-state index in [1.807, 2.05) is 17.2 Å². The number of aromatic nitrogens is 4. The van der Waals surface area contributed by atoms with Crippen LogP contribution < -0.4 is 14.4 Å². The summed E-state index contributed by atoms with van der Waals surface area (Å²) in [6.07, 6.45) is 10.4. The summed E-state index contributed by atoms with van der Waals surface area (Å²) in [5.41, 5.74) is 4.75. The highest BCUT2D eigenvalue weighted by atomic mass is 35.5. The van der Waals surface area contributed by atoms with E-state index in [9.17, 15) is 4.79 Å². The number of hydrogen-bond donors (Lipinski definition) is 1. The van der Waals surface area contributed by atoms with E-state index in [1.54, 1.807) is 0 Å². The molecule has 2 aromatic heterocycles. The zero-order valence-electron chi connectivity index (χ0n) is 27.9. The topological polar surface area (TPSA) is 99.7 Å². The lowest BCUT2D eigenvalue weighted by atomic mass is 9.72. The normalized spacial score (nSPS) is 20.2. The van der Waals surface area contributed by atoms with Gasteiger partial charge in [0, 0.05) is 66.6 Å². The standard InChI is InChI=1S/C37H44ClN7O3/c1-4-30(46)45-21-37(22-45)13-17-44(18-14-37)35-26-19-28(38)32(31-23(3)9-10-29-27(31)20-39-42-29)34(47-24-7-6-8-24)33(26)40-36(41-35)48-25-11-15-43(5-2)16-12-25/h4,9-10,19-20,24-25H,1,5-8,11-18,21-22H2,2-3H3,(H,39,42). The van der Waals surface area contributed by atoms with E-state index >= 15 is 0 Å². The van der Waals surface area contributed by atoms with Crippen molar-refractivity contribution in [2.24, 2.45) is 5.41 Å². The molecule has 0 unspecified atom stereocenters. The molecule has 1 amide bonds. The second kappa shape index (κ2) is 12.5. The van der Waals surface area contributed by atoms with Crippen LogP contribution in [0.25, 0.3) is 32.9 Å². The van der Waals surface area contributed by atoms with Crippen LogP contribution in [0.15, 0.2) is 37.1 Å². The maximum Gasteiger partial charge on any atom is 0.319 e. The fraction of sp³-hybridized carbons (Fsp3) is 0.514. The summed E-state index contributed by atoms with van der Waals surface area (Å²) < 4.78 is 13.5. The van der Waals surface area contributed by atoms with Gasteiger partial charge >= 0.3 is 6.01 Å². The Labute approximate surface area is 286 Å². The fourth-order valence-electron chi connectivity index (χ4n) is 7.97. The minimum atomic E-state index is 0.0159. The van der Waals surface area contributed by atoms with E-state index in [0.717, 1.165) is 135 Å². The first kappa shape index (κ1) is 31.4. The number of anilines is 1. The third-order valence-corrected chi connectivity index (χ3v) is 11.5. The molecule has 1 N–H and O–H groups in total. The zero-order chi connectivity index (χ0) is 33.0. The Bertz CT molecular complexity index is 1860. The Kier molecular flexibility index (Phi) is 8.19. The number of carbonyl (C=O) groups is 1. The maximum absolute atomic E-state index is 12.2. The number of rotatable bonds is 8. The van der Waals surface area contributed by atoms with Crippen LogP contribution in [-0.4, -0.2) is 93.9 Å². The minimum absolute atomic E-state index is 0.0159. The van der Waals surface area contributed by atoms with Crippen LogP contribution in [0.1, 0.15) is 57.4 Å². The predicted octanol–water partition coefficient (Wildman–Crippen LogP) is 6.54. The number of hydrogen-bond acceptors (Lipinski definition) is 8. The molecule has 1 aliphatic carbocycles. The van der Waals surface area contributed by atoms with E-state index in [2.05, 4.69) is 52.6 Å². The molecular formula is C37H44ClN7O3. The average Bonchev–Trinajstić information content (AvgIpc) is 3.55. The number of amides is 1. The molecule has 3 saturated heterocycles. The van der Waals surface area contributed by atoms with Crippen LogP contribution >= 0.6 is 11.6 Å². The Morgan fingerprint density at radius 3 is 2.48 bits per heavy atom. The number of piperidine rings is 2. The van der Waals surface area contributed by atoms with Crippen LogP contribution in [0.4, 0.5) is 5.82 Å². The van der Waals surface area contributed by atoms with Crippen molar-refractivity contribution in [2.45, 2.75) is 71.0 Å². The van der Waals surface area contributed by atoms with Gasteiger partial charge in [0.1, 0.15) is 17.4 Å². The smallest absolute Gasteiger partial charge is 0.319 e. The number of nitrogens with zero attached hydrogens (tertiary/aromatic N) is 6. The highest BCUT2D eigenvalue weighted by molar-refractivity contribution is 6.35. The molecule has 252 valence electrons. The van der Waals surface area contributed by atoms with E-state index in [4.69, 9.17) is 31.0 Å². The number of benzene rings is 2. The van der Waals surface area contributed by atoms with Gasteiger partial charge < -0.3 is 24.2 Å². The molecule has 0 radical (unpaired) electrons. The quantitative estimate of drug-likeness (QED) is 0.211. The second-order valence-corrected chi connectivity index (χ2v) is 14.6. The first-order valence-corrected chi connectivity index (χ1v) is 17.9. The lowest BCUT2D eigenvalue weighted by molar-refractivity contribution is -0.139. The Morgan fingerprint density at radius 2 is 1.79 bits per heavy atom.